The zero-order chi connectivity index (χ0) is 18.4. The Morgan fingerprint density at radius 2 is 1.89 bits per heavy atom. The van der Waals surface area contributed by atoms with E-state index in [1.165, 1.54) is 10.3 Å². The van der Waals surface area contributed by atoms with Gasteiger partial charge >= 0.3 is 0 Å². The van der Waals surface area contributed by atoms with Gasteiger partial charge in [0.1, 0.15) is 5.58 Å². The molecule has 0 N–H and O–H groups in total. The number of aromatic nitrogens is 1. The van der Waals surface area contributed by atoms with E-state index < -0.39 is 0 Å². The van der Waals surface area contributed by atoms with Crippen LogP contribution in [-0.4, -0.2) is 42.0 Å². The lowest BCUT2D eigenvalue weighted by atomic mass is 10.2. The SMILES string of the molecule is Cc1ccc2nc(N3CCN(C(=O)c4cc5ccccc5o4)CC3)sc2c1. The normalized spacial score (nSPS) is 15.0. The van der Waals surface area contributed by atoms with Gasteiger partial charge in [-0.15, -0.1) is 0 Å². The molecular weight excluding hydrogens is 358 g/mol. The van der Waals surface area contributed by atoms with E-state index in [-0.39, 0.29) is 5.91 Å². The molecule has 3 heterocycles. The van der Waals surface area contributed by atoms with Crippen LogP contribution in [0.3, 0.4) is 0 Å². The molecule has 1 aliphatic rings. The summed E-state index contributed by atoms with van der Waals surface area (Å²) in [4.78, 5) is 21.7. The predicted molar refractivity (Wildman–Crippen MR) is 109 cm³/mol. The summed E-state index contributed by atoms with van der Waals surface area (Å²) in [5, 5.41) is 2.00. The third-order valence-electron chi connectivity index (χ3n) is 5.01. The van der Waals surface area contributed by atoms with E-state index >= 15 is 0 Å². The molecule has 1 fully saturated rings. The summed E-state index contributed by atoms with van der Waals surface area (Å²) < 4.78 is 6.94. The van der Waals surface area contributed by atoms with Crippen molar-refractivity contribution in [2.45, 2.75) is 6.92 Å². The van der Waals surface area contributed by atoms with Crippen molar-refractivity contribution in [1.82, 2.24) is 9.88 Å². The summed E-state index contributed by atoms with van der Waals surface area (Å²) in [6, 6.07) is 15.9. The van der Waals surface area contributed by atoms with Gasteiger partial charge in [0, 0.05) is 31.6 Å². The maximum Gasteiger partial charge on any atom is 0.289 e. The molecule has 5 rings (SSSR count). The minimum atomic E-state index is -0.0363. The summed E-state index contributed by atoms with van der Waals surface area (Å²) in [5.41, 5.74) is 3.05. The predicted octanol–water partition coefficient (Wildman–Crippen LogP) is 4.31. The number of fused-ring (bicyclic) bond motifs is 2. The number of aryl methyl sites for hydroxylation is 1. The molecule has 0 saturated carbocycles. The number of furan rings is 1. The van der Waals surface area contributed by atoms with E-state index in [4.69, 9.17) is 9.40 Å². The van der Waals surface area contributed by atoms with Crippen molar-refractivity contribution in [1.29, 1.82) is 0 Å². The smallest absolute Gasteiger partial charge is 0.289 e. The van der Waals surface area contributed by atoms with Crippen molar-refractivity contribution in [3.63, 3.8) is 0 Å². The third kappa shape index (κ3) is 2.96. The molecule has 0 radical (unpaired) electrons. The van der Waals surface area contributed by atoms with Gasteiger partial charge in [0.2, 0.25) is 0 Å². The van der Waals surface area contributed by atoms with Crippen LogP contribution >= 0.6 is 11.3 Å². The Morgan fingerprint density at radius 3 is 2.70 bits per heavy atom. The zero-order valence-electron chi connectivity index (χ0n) is 15.0. The summed E-state index contributed by atoms with van der Waals surface area (Å²) >= 11 is 1.72. The fraction of sp³-hybridized carbons (Fsp3) is 0.238. The van der Waals surface area contributed by atoms with Crippen LogP contribution in [0.15, 0.2) is 52.9 Å². The summed E-state index contributed by atoms with van der Waals surface area (Å²) in [6.07, 6.45) is 0. The molecule has 0 unspecified atom stereocenters. The van der Waals surface area contributed by atoms with Crippen LogP contribution in [0, 0.1) is 6.92 Å². The Hall–Kier alpha value is -2.86. The van der Waals surface area contributed by atoms with Crippen LogP contribution in [0.1, 0.15) is 16.1 Å². The highest BCUT2D eigenvalue weighted by atomic mass is 32.1. The molecule has 0 bridgehead atoms. The number of amides is 1. The van der Waals surface area contributed by atoms with Gasteiger partial charge in [0.25, 0.3) is 5.91 Å². The fourth-order valence-corrected chi connectivity index (χ4v) is 4.61. The number of thiazole rings is 1. The standard InChI is InChI=1S/C21H19N3O2S/c1-14-6-7-16-19(12-14)27-21(22-16)24-10-8-23(9-11-24)20(25)18-13-15-4-2-3-5-17(15)26-18/h2-7,12-13H,8-11H2,1H3. The van der Waals surface area contributed by atoms with Crippen molar-refractivity contribution in [2.75, 3.05) is 31.1 Å². The van der Waals surface area contributed by atoms with Gasteiger partial charge in [-0.25, -0.2) is 4.98 Å². The Morgan fingerprint density at radius 1 is 1.07 bits per heavy atom. The van der Waals surface area contributed by atoms with Crippen molar-refractivity contribution in [3.8, 4) is 0 Å². The van der Waals surface area contributed by atoms with Crippen molar-refractivity contribution in [2.24, 2.45) is 0 Å². The van der Waals surface area contributed by atoms with E-state index in [9.17, 15) is 4.79 Å². The first-order valence-corrected chi connectivity index (χ1v) is 9.89. The number of hydrogen-bond acceptors (Lipinski definition) is 5. The maximum atomic E-state index is 12.8. The van der Waals surface area contributed by atoms with Crippen LogP contribution in [0.5, 0.6) is 0 Å². The van der Waals surface area contributed by atoms with Crippen LogP contribution in [0.2, 0.25) is 0 Å². The van der Waals surface area contributed by atoms with E-state index in [0.29, 0.717) is 18.8 Å². The molecule has 1 aliphatic heterocycles. The van der Waals surface area contributed by atoms with E-state index in [1.807, 2.05) is 35.2 Å². The van der Waals surface area contributed by atoms with Crippen LogP contribution in [0.25, 0.3) is 21.2 Å². The van der Waals surface area contributed by atoms with Crippen LogP contribution < -0.4 is 4.90 Å². The fourth-order valence-electron chi connectivity index (χ4n) is 3.50. The van der Waals surface area contributed by atoms with Crippen LogP contribution in [0.4, 0.5) is 5.13 Å². The molecule has 1 amide bonds. The number of carbonyl (C=O) groups excluding carboxylic acids is 1. The van der Waals surface area contributed by atoms with Crippen LogP contribution in [-0.2, 0) is 0 Å². The average Bonchev–Trinajstić information content (AvgIpc) is 3.31. The summed E-state index contributed by atoms with van der Waals surface area (Å²) in [6.45, 7) is 5.01. The number of hydrogen-bond donors (Lipinski definition) is 0. The van der Waals surface area contributed by atoms with Gasteiger partial charge in [-0.2, -0.15) is 0 Å². The molecule has 2 aromatic carbocycles. The first-order chi connectivity index (χ1) is 13.2. The second-order valence-corrected chi connectivity index (χ2v) is 7.90. The minimum Gasteiger partial charge on any atom is -0.451 e. The number of benzene rings is 2. The van der Waals surface area contributed by atoms with Gasteiger partial charge in [-0.3, -0.25) is 4.79 Å². The number of rotatable bonds is 2. The maximum absolute atomic E-state index is 12.8. The Balaban J connectivity index is 1.30. The molecule has 0 aliphatic carbocycles. The van der Waals surface area contributed by atoms with E-state index in [1.54, 1.807) is 11.3 Å². The Labute approximate surface area is 160 Å². The molecule has 1 saturated heterocycles. The number of piperazine rings is 1. The molecule has 136 valence electrons. The number of anilines is 1. The van der Waals surface area contributed by atoms with E-state index in [2.05, 4.69) is 30.0 Å². The highest BCUT2D eigenvalue weighted by molar-refractivity contribution is 7.22. The summed E-state index contributed by atoms with van der Waals surface area (Å²) in [7, 11) is 0. The van der Waals surface area contributed by atoms with Gasteiger partial charge in [0.15, 0.2) is 10.9 Å². The number of para-hydroxylation sites is 1. The molecule has 2 aromatic heterocycles. The molecule has 5 nitrogen and oxygen atoms in total. The van der Waals surface area contributed by atoms with Gasteiger partial charge in [-0.05, 0) is 36.8 Å². The number of nitrogens with zero attached hydrogens (tertiary/aromatic N) is 3. The highest BCUT2D eigenvalue weighted by Gasteiger charge is 2.26. The second kappa shape index (κ2) is 6.39. The number of carbonyl (C=O) groups is 1. The topological polar surface area (TPSA) is 49.6 Å². The zero-order valence-corrected chi connectivity index (χ0v) is 15.8. The van der Waals surface area contributed by atoms with Gasteiger partial charge in [-0.1, -0.05) is 35.6 Å². The highest BCUT2D eigenvalue weighted by Crippen LogP contribution is 2.30. The van der Waals surface area contributed by atoms with E-state index in [0.717, 1.165) is 34.7 Å². The lowest BCUT2D eigenvalue weighted by molar-refractivity contribution is 0.0717. The average molecular weight is 377 g/mol. The van der Waals surface area contributed by atoms with Gasteiger partial charge < -0.3 is 14.2 Å². The second-order valence-electron chi connectivity index (χ2n) is 6.90. The molecule has 27 heavy (non-hydrogen) atoms. The molecule has 0 atom stereocenters. The van der Waals surface area contributed by atoms with Crippen molar-refractivity contribution < 1.29 is 9.21 Å². The molecule has 6 heteroatoms. The first kappa shape index (κ1) is 16.3. The lowest BCUT2D eigenvalue weighted by Crippen LogP contribution is -2.48. The molecule has 4 aromatic rings. The lowest BCUT2D eigenvalue weighted by Gasteiger charge is -2.34. The molecule has 0 spiro atoms. The Bertz CT molecular complexity index is 1110. The minimum absolute atomic E-state index is 0.0363. The molecular formula is C21H19N3O2S. The first-order valence-electron chi connectivity index (χ1n) is 9.07. The third-order valence-corrected chi connectivity index (χ3v) is 6.09. The largest absolute Gasteiger partial charge is 0.451 e. The van der Waals surface area contributed by atoms with Crippen molar-refractivity contribution >= 4 is 43.6 Å². The van der Waals surface area contributed by atoms with Gasteiger partial charge in [0.05, 0.1) is 10.2 Å². The quantitative estimate of drug-likeness (QED) is 0.522. The summed E-state index contributed by atoms with van der Waals surface area (Å²) in [5.74, 6) is 0.380. The monoisotopic (exact) mass is 377 g/mol. The Kier molecular flexibility index (Phi) is 3.86. The van der Waals surface area contributed by atoms with Crippen molar-refractivity contribution in [3.05, 3.63) is 59.9 Å².